The molecule has 1 saturated carbocycles. The number of hydrogen-bond acceptors (Lipinski definition) is 4. The predicted octanol–water partition coefficient (Wildman–Crippen LogP) is 2.98. The Bertz CT molecular complexity index is 871. The number of aliphatic hydroxyl groups is 1. The molecule has 5 heteroatoms. The minimum Gasteiger partial charge on any atom is -0.497 e. The number of likely N-dealkylation sites (N-methyl/N-ethyl adjacent to an activating group) is 1. The first-order valence-corrected chi connectivity index (χ1v) is 10.4. The standard InChI is InChI=1S/C24H30N2O3/c1-26-14-13-23(19-9-6-10-21(15-19)29-2)16-20(11-12-24(23,28)17-26)25-22(27)18-7-4-3-5-8-18/h3-10,15,20,28H,11-14,16-17H2,1-2H3,(H,25,27)/t20-,23?,24?/m0/s1. The molecule has 1 saturated heterocycles. The molecule has 1 heterocycles. The van der Waals surface area contributed by atoms with E-state index in [9.17, 15) is 9.90 Å². The van der Waals surface area contributed by atoms with Gasteiger partial charge in [-0.15, -0.1) is 0 Å². The van der Waals surface area contributed by atoms with Gasteiger partial charge in [-0.1, -0.05) is 30.3 Å². The summed E-state index contributed by atoms with van der Waals surface area (Å²) in [6.45, 7) is 1.56. The zero-order valence-electron chi connectivity index (χ0n) is 17.2. The van der Waals surface area contributed by atoms with Gasteiger partial charge in [0.2, 0.25) is 0 Å². The average Bonchev–Trinajstić information content (AvgIpc) is 2.74. The Labute approximate surface area is 172 Å². The second kappa shape index (κ2) is 7.81. The molecule has 2 aromatic carbocycles. The Morgan fingerprint density at radius 2 is 1.97 bits per heavy atom. The van der Waals surface area contributed by atoms with Gasteiger partial charge in [0, 0.05) is 23.6 Å². The molecule has 0 bridgehead atoms. The van der Waals surface area contributed by atoms with E-state index in [-0.39, 0.29) is 11.9 Å². The Hall–Kier alpha value is -2.37. The number of nitrogens with zero attached hydrogens (tertiary/aromatic N) is 1. The van der Waals surface area contributed by atoms with E-state index in [0.717, 1.165) is 37.1 Å². The van der Waals surface area contributed by atoms with Crippen LogP contribution in [0.25, 0.3) is 0 Å². The molecule has 5 nitrogen and oxygen atoms in total. The first-order valence-electron chi connectivity index (χ1n) is 10.4. The number of rotatable bonds is 4. The smallest absolute Gasteiger partial charge is 0.251 e. The van der Waals surface area contributed by atoms with Crippen LogP contribution in [0.3, 0.4) is 0 Å². The van der Waals surface area contributed by atoms with E-state index in [2.05, 4.69) is 29.4 Å². The number of piperidine rings is 1. The highest BCUT2D eigenvalue weighted by molar-refractivity contribution is 5.94. The van der Waals surface area contributed by atoms with Crippen molar-refractivity contribution >= 4 is 5.91 Å². The van der Waals surface area contributed by atoms with Gasteiger partial charge in [-0.2, -0.15) is 0 Å². The number of β-amino-alcohol motifs (C(OH)–C–C–N with tert-alkyl or cyclic N) is 1. The first kappa shape index (κ1) is 19.9. The van der Waals surface area contributed by atoms with Gasteiger partial charge in [0.05, 0.1) is 12.7 Å². The Morgan fingerprint density at radius 1 is 1.17 bits per heavy atom. The van der Waals surface area contributed by atoms with E-state index in [4.69, 9.17) is 4.74 Å². The number of fused-ring (bicyclic) bond motifs is 1. The molecule has 2 N–H and O–H groups in total. The van der Waals surface area contributed by atoms with Crippen LogP contribution in [-0.2, 0) is 5.41 Å². The third kappa shape index (κ3) is 3.65. The molecule has 29 heavy (non-hydrogen) atoms. The molecule has 0 spiro atoms. The van der Waals surface area contributed by atoms with Gasteiger partial charge in [-0.3, -0.25) is 4.79 Å². The van der Waals surface area contributed by atoms with Crippen LogP contribution >= 0.6 is 0 Å². The lowest BCUT2D eigenvalue weighted by Gasteiger charge is -2.57. The van der Waals surface area contributed by atoms with Crippen molar-refractivity contribution in [2.24, 2.45) is 0 Å². The van der Waals surface area contributed by atoms with E-state index in [1.807, 2.05) is 42.5 Å². The van der Waals surface area contributed by atoms with Crippen LogP contribution < -0.4 is 10.1 Å². The molecule has 154 valence electrons. The summed E-state index contributed by atoms with van der Waals surface area (Å²) in [5, 5.41) is 15.0. The van der Waals surface area contributed by atoms with E-state index in [0.29, 0.717) is 18.5 Å². The number of methoxy groups -OCH3 is 1. The van der Waals surface area contributed by atoms with Crippen molar-refractivity contribution in [1.82, 2.24) is 10.2 Å². The molecular weight excluding hydrogens is 364 g/mol. The van der Waals surface area contributed by atoms with Gasteiger partial charge in [-0.25, -0.2) is 0 Å². The molecule has 1 amide bonds. The molecule has 4 rings (SSSR count). The summed E-state index contributed by atoms with van der Waals surface area (Å²) in [6.07, 6.45) is 3.01. The Morgan fingerprint density at radius 3 is 2.72 bits per heavy atom. The highest BCUT2D eigenvalue weighted by Crippen LogP contribution is 2.51. The molecular formula is C24H30N2O3. The molecule has 2 fully saturated rings. The fourth-order valence-corrected chi connectivity index (χ4v) is 5.27. The maximum Gasteiger partial charge on any atom is 0.251 e. The van der Waals surface area contributed by atoms with Crippen LogP contribution in [0.5, 0.6) is 5.75 Å². The van der Waals surface area contributed by atoms with Gasteiger partial charge >= 0.3 is 0 Å². The quantitative estimate of drug-likeness (QED) is 0.837. The zero-order chi connectivity index (χ0) is 20.5. The Balaban J connectivity index is 1.65. The molecule has 0 radical (unpaired) electrons. The van der Waals surface area contributed by atoms with Crippen LogP contribution in [0.15, 0.2) is 54.6 Å². The summed E-state index contributed by atoms with van der Waals surface area (Å²) < 4.78 is 5.46. The van der Waals surface area contributed by atoms with E-state index < -0.39 is 11.0 Å². The van der Waals surface area contributed by atoms with Gasteiger partial charge in [-0.05, 0) is 69.1 Å². The van der Waals surface area contributed by atoms with Gasteiger partial charge in [0.15, 0.2) is 0 Å². The largest absolute Gasteiger partial charge is 0.497 e. The molecule has 0 aromatic heterocycles. The van der Waals surface area contributed by atoms with Crippen molar-refractivity contribution in [3.8, 4) is 5.75 Å². The minimum absolute atomic E-state index is 0.0255. The van der Waals surface area contributed by atoms with E-state index >= 15 is 0 Å². The summed E-state index contributed by atoms with van der Waals surface area (Å²) in [6, 6.07) is 17.4. The lowest BCUT2D eigenvalue weighted by atomic mass is 9.55. The fraction of sp³-hybridized carbons (Fsp3) is 0.458. The summed E-state index contributed by atoms with van der Waals surface area (Å²) in [7, 11) is 3.73. The van der Waals surface area contributed by atoms with Crippen LogP contribution in [0.1, 0.15) is 41.6 Å². The van der Waals surface area contributed by atoms with Crippen molar-refractivity contribution in [3.05, 3.63) is 65.7 Å². The molecule has 2 aliphatic rings. The summed E-state index contributed by atoms with van der Waals surface area (Å²) >= 11 is 0. The predicted molar refractivity (Wildman–Crippen MR) is 113 cm³/mol. The Kier molecular flexibility index (Phi) is 5.36. The maximum absolute atomic E-state index is 12.7. The number of nitrogens with one attached hydrogen (secondary N) is 1. The second-order valence-corrected chi connectivity index (χ2v) is 8.61. The van der Waals surface area contributed by atoms with E-state index in [1.165, 1.54) is 0 Å². The molecule has 2 unspecified atom stereocenters. The SMILES string of the molecule is COc1cccc(C23CCN(C)CC2(O)CC[C@H](NC(=O)c2ccccc2)C3)c1. The van der Waals surface area contributed by atoms with Crippen LogP contribution in [-0.4, -0.2) is 54.8 Å². The molecule has 3 atom stereocenters. The summed E-state index contributed by atoms with van der Waals surface area (Å²) in [5.41, 5.74) is 0.555. The van der Waals surface area contributed by atoms with Crippen LogP contribution in [0.2, 0.25) is 0 Å². The lowest BCUT2D eigenvalue weighted by molar-refractivity contribution is -0.121. The van der Waals surface area contributed by atoms with E-state index in [1.54, 1.807) is 7.11 Å². The third-order valence-electron chi connectivity index (χ3n) is 6.84. The molecule has 2 aromatic rings. The van der Waals surface area contributed by atoms with Crippen molar-refractivity contribution in [2.75, 3.05) is 27.2 Å². The van der Waals surface area contributed by atoms with Crippen molar-refractivity contribution < 1.29 is 14.6 Å². The van der Waals surface area contributed by atoms with Gasteiger partial charge in [0.1, 0.15) is 5.75 Å². The lowest BCUT2D eigenvalue weighted by Crippen LogP contribution is -2.66. The number of hydrogen-bond donors (Lipinski definition) is 2. The normalized spacial score (nSPS) is 29.7. The van der Waals surface area contributed by atoms with Crippen molar-refractivity contribution in [3.63, 3.8) is 0 Å². The van der Waals surface area contributed by atoms with Crippen LogP contribution in [0, 0.1) is 0 Å². The topological polar surface area (TPSA) is 61.8 Å². The number of benzene rings is 2. The third-order valence-corrected chi connectivity index (χ3v) is 6.84. The monoisotopic (exact) mass is 394 g/mol. The zero-order valence-corrected chi connectivity index (χ0v) is 17.2. The fourth-order valence-electron chi connectivity index (χ4n) is 5.27. The van der Waals surface area contributed by atoms with Crippen LogP contribution in [0.4, 0.5) is 0 Å². The minimum atomic E-state index is -0.819. The van der Waals surface area contributed by atoms with Crippen molar-refractivity contribution in [1.29, 1.82) is 0 Å². The number of likely N-dealkylation sites (tertiary alicyclic amines) is 1. The number of carbonyl (C=O) groups is 1. The average molecular weight is 395 g/mol. The van der Waals surface area contributed by atoms with Gasteiger partial charge in [0.25, 0.3) is 5.91 Å². The molecule has 1 aliphatic heterocycles. The second-order valence-electron chi connectivity index (χ2n) is 8.61. The maximum atomic E-state index is 12.7. The molecule has 1 aliphatic carbocycles. The van der Waals surface area contributed by atoms with Crippen molar-refractivity contribution in [2.45, 2.75) is 42.7 Å². The highest BCUT2D eigenvalue weighted by Gasteiger charge is 2.57. The number of ether oxygens (including phenoxy) is 1. The summed E-state index contributed by atoms with van der Waals surface area (Å²) in [5.74, 6) is 0.753. The first-order chi connectivity index (χ1) is 14.0. The number of amides is 1. The van der Waals surface area contributed by atoms with Gasteiger partial charge < -0.3 is 20.1 Å². The highest BCUT2D eigenvalue weighted by atomic mass is 16.5. The number of carbonyl (C=O) groups excluding carboxylic acids is 1. The summed E-state index contributed by atoms with van der Waals surface area (Å²) in [4.78, 5) is 15.0.